The zero-order chi connectivity index (χ0) is 20.7. The van der Waals surface area contributed by atoms with Crippen LogP contribution in [-0.2, 0) is 6.54 Å². The number of carbonyl (C=O) groups excluding carboxylic acids is 1. The highest BCUT2D eigenvalue weighted by Gasteiger charge is 2.28. The molecule has 1 N–H and O–H groups in total. The number of nitrogens with zero attached hydrogens (tertiary/aromatic N) is 3. The number of fused-ring (bicyclic) bond motifs is 2. The normalized spacial score (nSPS) is 18.1. The molecular weight excluding hydrogens is 400 g/mol. The summed E-state index contributed by atoms with van der Waals surface area (Å²) >= 11 is 1.46. The van der Waals surface area contributed by atoms with Gasteiger partial charge in [0.25, 0.3) is 5.91 Å². The van der Waals surface area contributed by atoms with Crippen molar-refractivity contribution in [3.05, 3.63) is 40.5 Å². The second-order valence-electron chi connectivity index (χ2n) is 7.84. The molecule has 0 bridgehead atoms. The molecule has 1 saturated heterocycles. The zero-order valence-electron chi connectivity index (χ0n) is 17.1. The van der Waals surface area contributed by atoms with Crippen LogP contribution in [0.2, 0.25) is 0 Å². The van der Waals surface area contributed by atoms with E-state index in [-0.39, 0.29) is 18.7 Å². The van der Waals surface area contributed by atoms with E-state index in [0.717, 1.165) is 62.9 Å². The van der Waals surface area contributed by atoms with Crippen LogP contribution in [-0.4, -0.2) is 40.2 Å². The van der Waals surface area contributed by atoms with Crippen LogP contribution in [0.4, 0.5) is 5.82 Å². The molecule has 2 aliphatic heterocycles. The Hall–Kier alpha value is -2.87. The van der Waals surface area contributed by atoms with Crippen LogP contribution in [0.15, 0.2) is 24.5 Å². The van der Waals surface area contributed by atoms with Crippen molar-refractivity contribution in [1.82, 2.24) is 14.9 Å². The number of amides is 1. The number of aromatic nitrogens is 2. The van der Waals surface area contributed by atoms with Gasteiger partial charge in [-0.05, 0) is 56.4 Å². The Morgan fingerprint density at radius 1 is 1.27 bits per heavy atom. The third-order valence-corrected chi connectivity index (χ3v) is 7.07. The lowest BCUT2D eigenvalue weighted by Crippen LogP contribution is -2.41. The summed E-state index contributed by atoms with van der Waals surface area (Å²) in [6.45, 7) is 5.81. The number of ether oxygens (including phenoxy) is 2. The summed E-state index contributed by atoms with van der Waals surface area (Å²) in [5, 5.41) is 4.34. The van der Waals surface area contributed by atoms with Crippen molar-refractivity contribution in [2.24, 2.45) is 0 Å². The number of aryl methyl sites for hydroxylation is 1. The van der Waals surface area contributed by atoms with Crippen molar-refractivity contribution in [2.75, 3.05) is 18.7 Å². The molecule has 3 aromatic rings. The van der Waals surface area contributed by atoms with Gasteiger partial charge in [-0.1, -0.05) is 6.07 Å². The summed E-state index contributed by atoms with van der Waals surface area (Å²) in [6.07, 6.45) is 4.88. The van der Waals surface area contributed by atoms with E-state index < -0.39 is 0 Å². The molecule has 2 aliphatic rings. The molecular formula is C22H24N4O3S. The lowest BCUT2D eigenvalue weighted by Gasteiger charge is -2.33. The lowest BCUT2D eigenvalue weighted by molar-refractivity contribution is 0.0640. The largest absolute Gasteiger partial charge is 0.454 e. The third-order valence-electron chi connectivity index (χ3n) is 5.88. The molecule has 4 heterocycles. The van der Waals surface area contributed by atoms with Crippen molar-refractivity contribution >= 4 is 33.3 Å². The van der Waals surface area contributed by atoms with Crippen LogP contribution in [0.25, 0.3) is 10.2 Å². The second-order valence-corrected chi connectivity index (χ2v) is 8.84. The number of hydrogen-bond donors (Lipinski definition) is 1. The molecule has 8 heteroatoms. The monoisotopic (exact) mass is 424 g/mol. The SMILES string of the molecule is Cc1c(C(=O)N2CCCC[C@@H]2C)sc2ncnc(NCc3ccc4c(c3)OCO4)c12. The summed E-state index contributed by atoms with van der Waals surface area (Å²) in [7, 11) is 0. The Morgan fingerprint density at radius 2 is 2.13 bits per heavy atom. The summed E-state index contributed by atoms with van der Waals surface area (Å²) in [4.78, 5) is 25.7. The van der Waals surface area contributed by atoms with Crippen molar-refractivity contribution in [3.63, 3.8) is 0 Å². The van der Waals surface area contributed by atoms with E-state index in [9.17, 15) is 4.79 Å². The fraction of sp³-hybridized carbons (Fsp3) is 0.409. The molecule has 0 saturated carbocycles. The first-order valence-electron chi connectivity index (χ1n) is 10.3. The highest BCUT2D eigenvalue weighted by atomic mass is 32.1. The summed E-state index contributed by atoms with van der Waals surface area (Å²) in [5.74, 6) is 2.39. The van der Waals surface area contributed by atoms with Gasteiger partial charge < -0.3 is 19.7 Å². The first-order chi connectivity index (χ1) is 14.6. The highest BCUT2D eigenvalue weighted by Crippen LogP contribution is 2.36. The molecule has 5 rings (SSSR count). The molecule has 1 amide bonds. The van der Waals surface area contributed by atoms with E-state index in [2.05, 4.69) is 22.2 Å². The van der Waals surface area contributed by atoms with Crippen LogP contribution in [0.5, 0.6) is 11.5 Å². The van der Waals surface area contributed by atoms with E-state index in [1.807, 2.05) is 30.0 Å². The van der Waals surface area contributed by atoms with Crippen LogP contribution in [0.1, 0.15) is 47.0 Å². The van der Waals surface area contributed by atoms with Crippen LogP contribution >= 0.6 is 11.3 Å². The average molecular weight is 425 g/mol. The molecule has 0 spiro atoms. The number of likely N-dealkylation sites (tertiary alicyclic amines) is 1. The van der Waals surface area contributed by atoms with Crippen molar-refractivity contribution < 1.29 is 14.3 Å². The summed E-state index contributed by atoms with van der Waals surface area (Å²) < 4.78 is 10.8. The topological polar surface area (TPSA) is 76.6 Å². The first kappa shape index (κ1) is 19.1. The smallest absolute Gasteiger partial charge is 0.264 e. The van der Waals surface area contributed by atoms with Gasteiger partial charge in [0.05, 0.1) is 10.3 Å². The fourth-order valence-corrected chi connectivity index (χ4v) is 5.28. The molecule has 30 heavy (non-hydrogen) atoms. The number of carbonyl (C=O) groups is 1. The maximum atomic E-state index is 13.2. The number of benzene rings is 1. The standard InChI is InChI=1S/C22H24N4O3S/c1-13-5-3-4-8-26(13)22(27)19-14(2)18-20(24-11-25-21(18)30-19)23-10-15-6-7-16-17(9-15)29-12-28-16/h6-7,9,11,13H,3-5,8,10,12H2,1-2H3,(H,23,24,25)/t13-/m0/s1. The highest BCUT2D eigenvalue weighted by molar-refractivity contribution is 7.20. The van der Waals surface area contributed by atoms with E-state index in [4.69, 9.17) is 9.47 Å². The van der Waals surface area contributed by atoms with Crippen molar-refractivity contribution in [3.8, 4) is 11.5 Å². The molecule has 1 fully saturated rings. The number of hydrogen-bond acceptors (Lipinski definition) is 7. The molecule has 2 aromatic heterocycles. The van der Waals surface area contributed by atoms with Gasteiger partial charge in [0.15, 0.2) is 11.5 Å². The Bertz CT molecular complexity index is 1110. The van der Waals surface area contributed by atoms with Gasteiger partial charge >= 0.3 is 0 Å². The van der Waals surface area contributed by atoms with Gasteiger partial charge in [0, 0.05) is 19.1 Å². The predicted molar refractivity (Wildman–Crippen MR) is 116 cm³/mol. The maximum absolute atomic E-state index is 13.2. The third kappa shape index (κ3) is 3.35. The quantitative estimate of drug-likeness (QED) is 0.671. The Balaban J connectivity index is 1.41. The number of rotatable bonds is 4. The molecule has 156 valence electrons. The Labute approximate surface area is 179 Å². The van der Waals surface area contributed by atoms with E-state index >= 15 is 0 Å². The van der Waals surface area contributed by atoms with Crippen molar-refractivity contribution in [1.29, 1.82) is 0 Å². The Morgan fingerprint density at radius 3 is 3.00 bits per heavy atom. The van der Waals surface area contributed by atoms with Crippen LogP contribution < -0.4 is 14.8 Å². The molecule has 0 aliphatic carbocycles. The van der Waals surface area contributed by atoms with E-state index in [1.54, 1.807) is 6.33 Å². The molecule has 0 radical (unpaired) electrons. The van der Waals surface area contributed by atoms with E-state index in [0.29, 0.717) is 6.54 Å². The minimum absolute atomic E-state index is 0.115. The number of anilines is 1. The van der Waals surface area contributed by atoms with Gasteiger partial charge in [-0.25, -0.2) is 9.97 Å². The minimum atomic E-state index is 0.115. The van der Waals surface area contributed by atoms with Gasteiger partial charge in [0.1, 0.15) is 17.0 Å². The van der Waals surface area contributed by atoms with Gasteiger partial charge in [-0.3, -0.25) is 4.79 Å². The number of thiophene rings is 1. The first-order valence-corrected chi connectivity index (χ1v) is 11.1. The summed E-state index contributed by atoms with van der Waals surface area (Å²) in [5.41, 5.74) is 2.02. The average Bonchev–Trinajstić information content (AvgIpc) is 3.36. The zero-order valence-corrected chi connectivity index (χ0v) is 17.9. The lowest BCUT2D eigenvalue weighted by atomic mass is 10.0. The van der Waals surface area contributed by atoms with Gasteiger partial charge in [0.2, 0.25) is 6.79 Å². The van der Waals surface area contributed by atoms with Gasteiger partial charge in [-0.2, -0.15) is 0 Å². The molecule has 7 nitrogen and oxygen atoms in total. The molecule has 0 unspecified atom stereocenters. The predicted octanol–water partition coefficient (Wildman–Crippen LogP) is 4.36. The molecule has 1 aromatic carbocycles. The van der Waals surface area contributed by atoms with Crippen LogP contribution in [0.3, 0.4) is 0 Å². The second kappa shape index (κ2) is 7.75. The maximum Gasteiger partial charge on any atom is 0.264 e. The summed E-state index contributed by atoms with van der Waals surface area (Å²) in [6, 6.07) is 6.18. The number of piperidine rings is 1. The van der Waals surface area contributed by atoms with Crippen molar-refractivity contribution in [2.45, 2.75) is 45.7 Å². The van der Waals surface area contributed by atoms with E-state index in [1.165, 1.54) is 17.8 Å². The number of nitrogens with one attached hydrogen (secondary N) is 1. The van der Waals surface area contributed by atoms with Gasteiger partial charge in [-0.15, -0.1) is 11.3 Å². The minimum Gasteiger partial charge on any atom is -0.454 e. The Kier molecular flexibility index (Phi) is 4.94. The fourth-order valence-electron chi connectivity index (χ4n) is 4.18. The molecule has 1 atom stereocenters. The van der Waals surface area contributed by atoms with Crippen LogP contribution in [0, 0.1) is 6.92 Å².